The molecule has 1 rings (SSSR count). The molecular weight excluding hydrogens is 202 g/mol. The van der Waals surface area contributed by atoms with Gasteiger partial charge >= 0.3 is 5.97 Å². The maximum absolute atomic E-state index is 10.8. The molecule has 1 heterocycles. The van der Waals surface area contributed by atoms with Gasteiger partial charge in [-0.25, -0.2) is 4.79 Å². The zero-order valence-electron chi connectivity index (χ0n) is 7.69. The molecule has 0 spiro atoms. The highest BCUT2D eigenvalue weighted by Gasteiger charge is 2.18. The van der Waals surface area contributed by atoms with Crippen molar-refractivity contribution in [2.45, 2.75) is 19.4 Å². The van der Waals surface area contributed by atoms with E-state index in [0.717, 1.165) is 4.88 Å². The minimum atomic E-state index is -1.01. The van der Waals surface area contributed by atoms with E-state index in [4.69, 9.17) is 5.11 Å². The van der Waals surface area contributed by atoms with Gasteiger partial charge in [0.2, 0.25) is 5.91 Å². The van der Waals surface area contributed by atoms with Crippen molar-refractivity contribution in [3.8, 4) is 0 Å². The van der Waals surface area contributed by atoms with Crippen LogP contribution in [0.2, 0.25) is 0 Å². The first-order valence-electron chi connectivity index (χ1n) is 4.12. The highest BCUT2D eigenvalue weighted by Crippen LogP contribution is 2.11. The predicted molar refractivity (Wildman–Crippen MR) is 53.3 cm³/mol. The summed E-state index contributed by atoms with van der Waals surface area (Å²) in [7, 11) is 0. The number of rotatable bonds is 4. The Balaban J connectivity index is 2.60. The third-order valence-corrected chi connectivity index (χ3v) is 2.56. The van der Waals surface area contributed by atoms with Gasteiger partial charge in [0.05, 0.1) is 0 Å². The Bertz CT molecular complexity index is 321. The summed E-state index contributed by atoms with van der Waals surface area (Å²) in [6, 6.07) is 2.88. The number of carbonyl (C=O) groups is 2. The Kier molecular flexibility index (Phi) is 3.64. The fourth-order valence-electron chi connectivity index (χ4n) is 1.08. The number of carboxylic acids is 1. The van der Waals surface area contributed by atoms with Gasteiger partial charge < -0.3 is 10.4 Å². The van der Waals surface area contributed by atoms with E-state index in [2.05, 4.69) is 5.32 Å². The number of amides is 1. The molecule has 0 radical (unpaired) electrons. The van der Waals surface area contributed by atoms with Crippen molar-refractivity contribution < 1.29 is 14.7 Å². The SMILES string of the molecule is CC(=O)N[C@@H](Cc1cccs1)C(=O)O. The van der Waals surface area contributed by atoms with E-state index in [1.807, 2.05) is 17.5 Å². The minimum Gasteiger partial charge on any atom is -0.480 e. The van der Waals surface area contributed by atoms with Gasteiger partial charge in [-0.1, -0.05) is 6.07 Å². The molecule has 5 heteroatoms. The summed E-state index contributed by atoms with van der Waals surface area (Å²) in [5, 5.41) is 13.1. The number of hydrogen-bond acceptors (Lipinski definition) is 3. The van der Waals surface area contributed by atoms with Crippen LogP contribution in [0.3, 0.4) is 0 Å². The highest BCUT2D eigenvalue weighted by atomic mass is 32.1. The molecule has 76 valence electrons. The van der Waals surface area contributed by atoms with E-state index in [-0.39, 0.29) is 5.91 Å². The lowest BCUT2D eigenvalue weighted by Gasteiger charge is -2.11. The molecule has 0 aliphatic rings. The average Bonchev–Trinajstić information content (AvgIpc) is 2.54. The number of aliphatic carboxylic acids is 1. The third-order valence-electron chi connectivity index (χ3n) is 1.66. The molecule has 1 aromatic heterocycles. The van der Waals surface area contributed by atoms with Gasteiger partial charge in [-0.2, -0.15) is 0 Å². The van der Waals surface area contributed by atoms with Crippen LogP contribution in [0.15, 0.2) is 17.5 Å². The van der Waals surface area contributed by atoms with Crippen LogP contribution in [-0.4, -0.2) is 23.0 Å². The third kappa shape index (κ3) is 3.18. The molecular formula is C9H11NO3S. The number of nitrogens with one attached hydrogen (secondary N) is 1. The standard InChI is InChI=1S/C9H11NO3S/c1-6(11)10-8(9(12)13)5-7-3-2-4-14-7/h2-4,8H,5H2,1H3,(H,10,11)(H,12,13)/t8-/m0/s1. The van der Waals surface area contributed by atoms with Crippen molar-refractivity contribution in [3.05, 3.63) is 22.4 Å². The van der Waals surface area contributed by atoms with Crippen LogP contribution in [0.25, 0.3) is 0 Å². The van der Waals surface area contributed by atoms with Gasteiger partial charge in [0, 0.05) is 18.2 Å². The quantitative estimate of drug-likeness (QED) is 0.780. The van der Waals surface area contributed by atoms with Gasteiger partial charge in [0.1, 0.15) is 6.04 Å². The van der Waals surface area contributed by atoms with Gasteiger partial charge in [0.25, 0.3) is 0 Å². The predicted octanol–water partition coefficient (Wildman–Crippen LogP) is 0.880. The molecule has 0 fully saturated rings. The molecule has 0 saturated heterocycles. The van der Waals surface area contributed by atoms with Crippen molar-refractivity contribution in [2.24, 2.45) is 0 Å². The molecule has 14 heavy (non-hydrogen) atoms. The lowest BCUT2D eigenvalue weighted by atomic mass is 10.2. The Morgan fingerprint density at radius 2 is 2.36 bits per heavy atom. The topological polar surface area (TPSA) is 66.4 Å². The number of carbonyl (C=O) groups excluding carboxylic acids is 1. The lowest BCUT2D eigenvalue weighted by Crippen LogP contribution is -2.40. The molecule has 0 aliphatic heterocycles. The summed E-state index contributed by atoms with van der Waals surface area (Å²) in [6.45, 7) is 1.31. The summed E-state index contributed by atoms with van der Waals surface area (Å²) in [4.78, 5) is 22.4. The molecule has 2 N–H and O–H groups in total. The Morgan fingerprint density at radius 1 is 1.64 bits per heavy atom. The first-order valence-corrected chi connectivity index (χ1v) is 5.00. The normalized spacial score (nSPS) is 12.1. The second-order valence-corrected chi connectivity index (χ2v) is 3.91. The number of thiophene rings is 1. The maximum Gasteiger partial charge on any atom is 0.326 e. The monoisotopic (exact) mass is 213 g/mol. The zero-order valence-corrected chi connectivity index (χ0v) is 8.50. The van der Waals surface area contributed by atoms with Crippen molar-refractivity contribution >= 4 is 23.2 Å². The second kappa shape index (κ2) is 4.76. The van der Waals surface area contributed by atoms with Gasteiger partial charge in [-0.15, -0.1) is 11.3 Å². The zero-order chi connectivity index (χ0) is 10.6. The molecule has 0 unspecified atom stereocenters. The minimum absolute atomic E-state index is 0.325. The Morgan fingerprint density at radius 3 is 2.79 bits per heavy atom. The van der Waals surface area contributed by atoms with Crippen molar-refractivity contribution in [2.75, 3.05) is 0 Å². The van der Waals surface area contributed by atoms with Crippen LogP contribution in [0, 0.1) is 0 Å². The lowest BCUT2D eigenvalue weighted by molar-refractivity contribution is -0.141. The summed E-state index contributed by atoms with van der Waals surface area (Å²) in [6.07, 6.45) is 0.340. The van der Waals surface area contributed by atoms with Gasteiger partial charge in [-0.05, 0) is 11.4 Å². The molecule has 1 atom stereocenters. The molecule has 0 aromatic carbocycles. The fourth-order valence-corrected chi connectivity index (χ4v) is 1.83. The van der Waals surface area contributed by atoms with Crippen LogP contribution in [-0.2, 0) is 16.0 Å². The average molecular weight is 213 g/mol. The fraction of sp³-hybridized carbons (Fsp3) is 0.333. The van der Waals surface area contributed by atoms with E-state index in [0.29, 0.717) is 6.42 Å². The first-order chi connectivity index (χ1) is 6.59. The molecule has 0 bridgehead atoms. The molecule has 1 amide bonds. The Hall–Kier alpha value is -1.36. The van der Waals surface area contributed by atoms with E-state index >= 15 is 0 Å². The van der Waals surface area contributed by atoms with Crippen molar-refractivity contribution in [1.29, 1.82) is 0 Å². The summed E-state index contributed by atoms with van der Waals surface area (Å²) >= 11 is 1.48. The molecule has 0 saturated carbocycles. The van der Waals surface area contributed by atoms with E-state index < -0.39 is 12.0 Å². The highest BCUT2D eigenvalue weighted by molar-refractivity contribution is 7.09. The van der Waals surface area contributed by atoms with E-state index in [1.54, 1.807) is 0 Å². The van der Waals surface area contributed by atoms with E-state index in [1.165, 1.54) is 18.3 Å². The second-order valence-electron chi connectivity index (χ2n) is 2.87. The molecule has 4 nitrogen and oxygen atoms in total. The molecule has 1 aromatic rings. The number of hydrogen-bond donors (Lipinski definition) is 2. The summed E-state index contributed by atoms with van der Waals surface area (Å²) in [5.41, 5.74) is 0. The van der Waals surface area contributed by atoms with Crippen molar-refractivity contribution in [3.63, 3.8) is 0 Å². The van der Waals surface area contributed by atoms with Crippen LogP contribution < -0.4 is 5.32 Å². The number of carboxylic acid groups (broad SMARTS) is 1. The van der Waals surface area contributed by atoms with Crippen molar-refractivity contribution in [1.82, 2.24) is 5.32 Å². The Labute approximate surface area is 85.6 Å². The first kappa shape index (κ1) is 10.7. The van der Waals surface area contributed by atoms with Crippen LogP contribution in [0.5, 0.6) is 0 Å². The largest absolute Gasteiger partial charge is 0.480 e. The van der Waals surface area contributed by atoms with Gasteiger partial charge in [-0.3, -0.25) is 4.79 Å². The van der Waals surface area contributed by atoms with Crippen LogP contribution in [0.1, 0.15) is 11.8 Å². The van der Waals surface area contributed by atoms with E-state index in [9.17, 15) is 9.59 Å². The van der Waals surface area contributed by atoms with Crippen LogP contribution in [0.4, 0.5) is 0 Å². The van der Waals surface area contributed by atoms with Gasteiger partial charge in [0.15, 0.2) is 0 Å². The summed E-state index contributed by atoms with van der Waals surface area (Å²) < 4.78 is 0. The molecule has 0 aliphatic carbocycles. The summed E-state index contributed by atoms with van der Waals surface area (Å²) in [5.74, 6) is -1.33. The smallest absolute Gasteiger partial charge is 0.326 e. The van der Waals surface area contributed by atoms with Crippen LogP contribution >= 0.6 is 11.3 Å². The maximum atomic E-state index is 10.8.